The van der Waals surface area contributed by atoms with Crippen LogP contribution in [0.5, 0.6) is 0 Å². The fourth-order valence-electron chi connectivity index (χ4n) is 2.28. The molecule has 1 fully saturated rings. The van der Waals surface area contributed by atoms with Gasteiger partial charge in [0.25, 0.3) is 5.91 Å². The monoisotopic (exact) mass is 241 g/mol. The maximum absolute atomic E-state index is 11.5. The lowest BCUT2D eigenvalue weighted by Crippen LogP contribution is -2.17. The minimum atomic E-state index is -0.443. The molecule has 1 aromatic heterocycles. The van der Waals surface area contributed by atoms with E-state index in [1.54, 1.807) is 10.7 Å². The number of hydrogen-bond donors (Lipinski definition) is 1. The first-order valence-corrected chi connectivity index (χ1v) is 6.12. The van der Waals surface area contributed by atoms with Crippen molar-refractivity contribution >= 4 is 5.91 Å². The predicted molar refractivity (Wildman–Crippen MR) is 68.8 cm³/mol. The van der Waals surface area contributed by atoms with E-state index in [4.69, 9.17) is 5.73 Å². The lowest BCUT2D eigenvalue weighted by molar-refractivity contribution is 0.0993. The van der Waals surface area contributed by atoms with Crippen LogP contribution in [0.1, 0.15) is 40.5 Å². The van der Waals surface area contributed by atoms with E-state index in [1.165, 1.54) is 18.4 Å². The lowest BCUT2D eigenvalue weighted by Gasteiger charge is -2.10. The minimum Gasteiger partial charge on any atom is -0.364 e. The van der Waals surface area contributed by atoms with Crippen LogP contribution < -0.4 is 5.73 Å². The Bertz CT molecular complexity index is 611. The Morgan fingerprint density at radius 3 is 2.78 bits per heavy atom. The summed E-state index contributed by atoms with van der Waals surface area (Å²) in [5.74, 6) is 0.160. The van der Waals surface area contributed by atoms with Crippen molar-refractivity contribution in [2.75, 3.05) is 0 Å². The Kier molecular flexibility index (Phi) is 2.44. The van der Waals surface area contributed by atoms with Gasteiger partial charge in [-0.25, -0.2) is 4.68 Å². The van der Waals surface area contributed by atoms with Gasteiger partial charge in [-0.3, -0.25) is 4.79 Å². The Morgan fingerprint density at radius 2 is 2.11 bits per heavy atom. The highest BCUT2D eigenvalue weighted by molar-refractivity contribution is 5.91. The van der Waals surface area contributed by atoms with Crippen molar-refractivity contribution in [3.8, 4) is 5.69 Å². The van der Waals surface area contributed by atoms with Crippen molar-refractivity contribution in [1.82, 2.24) is 9.78 Å². The topological polar surface area (TPSA) is 60.9 Å². The molecule has 2 aromatic rings. The summed E-state index contributed by atoms with van der Waals surface area (Å²) < 4.78 is 1.67. The molecule has 1 aliphatic rings. The van der Waals surface area contributed by atoms with Crippen LogP contribution in [0, 0.1) is 6.92 Å². The second-order valence-electron chi connectivity index (χ2n) is 4.78. The third-order valence-electron chi connectivity index (χ3n) is 3.27. The SMILES string of the molecule is Cc1cc(C(N)=O)n(-c2ccccc2C2CC2)n1. The molecular weight excluding hydrogens is 226 g/mol. The van der Waals surface area contributed by atoms with Crippen LogP contribution in [0.2, 0.25) is 0 Å². The number of nitrogens with zero attached hydrogens (tertiary/aromatic N) is 2. The maximum atomic E-state index is 11.5. The molecule has 4 heteroatoms. The van der Waals surface area contributed by atoms with E-state index in [0.717, 1.165) is 11.4 Å². The number of nitrogens with two attached hydrogens (primary N) is 1. The largest absolute Gasteiger partial charge is 0.364 e. The molecule has 4 nitrogen and oxygen atoms in total. The van der Waals surface area contributed by atoms with Gasteiger partial charge in [-0.15, -0.1) is 0 Å². The van der Waals surface area contributed by atoms with Gasteiger partial charge in [0.05, 0.1) is 11.4 Å². The quantitative estimate of drug-likeness (QED) is 0.895. The minimum absolute atomic E-state index is 0.443. The van der Waals surface area contributed by atoms with Crippen LogP contribution in [0.15, 0.2) is 30.3 Å². The number of amides is 1. The number of carbonyl (C=O) groups excluding carboxylic acids is 1. The molecule has 0 unspecified atom stereocenters. The molecule has 3 rings (SSSR count). The average molecular weight is 241 g/mol. The van der Waals surface area contributed by atoms with Gasteiger partial charge in [0.2, 0.25) is 0 Å². The summed E-state index contributed by atoms with van der Waals surface area (Å²) in [4.78, 5) is 11.5. The highest BCUT2D eigenvalue weighted by atomic mass is 16.1. The van der Waals surface area contributed by atoms with Gasteiger partial charge in [-0.1, -0.05) is 18.2 Å². The molecule has 92 valence electrons. The zero-order chi connectivity index (χ0) is 12.7. The van der Waals surface area contributed by atoms with Gasteiger partial charge in [0.15, 0.2) is 0 Å². The Labute approximate surface area is 105 Å². The van der Waals surface area contributed by atoms with E-state index in [0.29, 0.717) is 11.6 Å². The van der Waals surface area contributed by atoms with E-state index in [-0.39, 0.29) is 0 Å². The number of benzene rings is 1. The number of aromatic nitrogens is 2. The number of aryl methyl sites for hydroxylation is 1. The summed E-state index contributed by atoms with van der Waals surface area (Å²) in [5, 5.41) is 4.39. The predicted octanol–water partition coefficient (Wildman–Crippen LogP) is 2.16. The highest BCUT2D eigenvalue weighted by Crippen LogP contribution is 2.42. The fraction of sp³-hybridized carbons (Fsp3) is 0.286. The molecule has 0 spiro atoms. The summed E-state index contributed by atoms with van der Waals surface area (Å²) in [5.41, 5.74) is 8.88. The number of carbonyl (C=O) groups is 1. The maximum Gasteiger partial charge on any atom is 0.267 e. The van der Waals surface area contributed by atoms with Crippen LogP contribution in [0.3, 0.4) is 0 Å². The zero-order valence-corrected chi connectivity index (χ0v) is 10.3. The number of rotatable bonds is 3. The first-order chi connectivity index (χ1) is 8.66. The van der Waals surface area contributed by atoms with Crippen molar-refractivity contribution in [3.63, 3.8) is 0 Å². The number of hydrogen-bond acceptors (Lipinski definition) is 2. The van der Waals surface area contributed by atoms with Gasteiger partial charge in [-0.05, 0) is 43.4 Å². The van der Waals surface area contributed by atoms with Crippen LogP contribution in [-0.4, -0.2) is 15.7 Å². The first-order valence-electron chi connectivity index (χ1n) is 6.12. The molecule has 1 aliphatic carbocycles. The summed E-state index contributed by atoms with van der Waals surface area (Å²) in [7, 11) is 0. The van der Waals surface area contributed by atoms with Crippen molar-refractivity contribution in [2.24, 2.45) is 5.73 Å². The van der Waals surface area contributed by atoms with Crippen molar-refractivity contribution < 1.29 is 4.79 Å². The molecule has 0 aliphatic heterocycles. The Hall–Kier alpha value is -2.10. The first kappa shape index (κ1) is 11.0. The third kappa shape index (κ3) is 1.79. The fourth-order valence-corrected chi connectivity index (χ4v) is 2.28. The number of para-hydroxylation sites is 1. The molecule has 1 saturated carbocycles. The summed E-state index contributed by atoms with van der Waals surface area (Å²) in [6.45, 7) is 1.86. The van der Waals surface area contributed by atoms with Crippen molar-refractivity contribution in [1.29, 1.82) is 0 Å². The van der Waals surface area contributed by atoms with Crippen LogP contribution in [0.4, 0.5) is 0 Å². The van der Waals surface area contributed by atoms with E-state index >= 15 is 0 Å². The Morgan fingerprint density at radius 1 is 1.39 bits per heavy atom. The smallest absolute Gasteiger partial charge is 0.267 e. The van der Waals surface area contributed by atoms with Crippen molar-refractivity contribution in [2.45, 2.75) is 25.7 Å². The van der Waals surface area contributed by atoms with Crippen molar-refractivity contribution in [3.05, 3.63) is 47.3 Å². The van der Waals surface area contributed by atoms with Gasteiger partial charge in [0, 0.05) is 0 Å². The van der Waals surface area contributed by atoms with Gasteiger partial charge in [0.1, 0.15) is 5.69 Å². The molecular formula is C14H15N3O. The molecule has 0 radical (unpaired) electrons. The number of primary amides is 1. The van der Waals surface area contributed by atoms with Gasteiger partial charge >= 0.3 is 0 Å². The molecule has 0 bridgehead atoms. The summed E-state index contributed by atoms with van der Waals surface area (Å²) in [6.07, 6.45) is 2.42. The molecule has 0 saturated heterocycles. The second kappa shape index (κ2) is 3.98. The molecule has 1 heterocycles. The highest BCUT2D eigenvalue weighted by Gasteiger charge is 2.27. The van der Waals surface area contributed by atoms with Gasteiger partial charge < -0.3 is 5.73 Å². The molecule has 1 aromatic carbocycles. The molecule has 0 atom stereocenters. The summed E-state index contributed by atoms with van der Waals surface area (Å²) >= 11 is 0. The van der Waals surface area contributed by atoms with Crippen LogP contribution in [-0.2, 0) is 0 Å². The van der Waals surface area contributed by atoms with E-state index < -0.39 is 5.91 Å². The molecule has 18 heavy (non-hydrogen) atoms. The van der Waals surface area contributed by atoms with E-state index in [9.17, 15) is 4.79 Å². The van der Waals surface area contributed by atoms with E-state index in [2.05, 4.69) is 11.2 Å². The lowest BCUT2D eigenvalue weighted by atomic mass is 10.1. The van der Waals surface area contributed by atoms with Crippen LogP contribution >= 0.6 is 0 Å². The Balaban J connectivity index is 2.17. The molecule has 2 N–H and O–H groups in total. The normalized spacial score (nSPS) is 14.7. The summed E-state index contributed by atoms with van der Waals surface area (Å²) in [6, 6.07) is 9.81. The van der Waals surface area contributed by atoms with E-state index in [1.807, 2.05) is 25.1 Å². The molecule has 1 amide bonds. The van der Waals surface area contributed by atoms with Crippen LogP contribution in [0.25, 0.3) is 5.69 Å². The second-order valence-corrected chi connectivity index (χ2v) is 4.78. The third-order valence-corrected chi connectivity index (χ3v) is 3.27. The average Bonchev–Trinajstić information content (AvgIpc) is 3.12. The zero-order valence-electron chi connectivity index (χ0n) is 10.3. The van der Waals surface area contributed by atoms with Gasteiger partial charge in [-0.2, -0.15) is 5.10 Å². The standard InChI is InChI=1S/C14H15N3O/c1-9-8-13(14(15)18)17(16-9)12-5-3-2-4-11(12)10-6-7-10/h2-5,8,10H,6-7H2,1H3,(H2,15,18).